The number of anilines is 2. The van der Waals surface area contributed by atoms with Gasteiger partial charge in [-0.3, -0.25) is 0 Å². The minimum atomic E-state index is 0.0502. The molecule has 0 bridgehead atoms. The van der Waals surface area contributed by atoms with Crippen LogP contribution in [0.1, 0.15) is 43.9 Å². The molecule has 1 nitrogen and oxygen atoms in total. The molecule has 0 heterocycles. The molecule has 1 aliphatic rings. The summed E-state index contributed by atoms with van der Waals surface area (Å²) in [5, 5.41) is 3.57. The molecule has 0 saturated heterocycles. The topological polar surface area (TPSA) is 12.0 Å². The van der Waals surface area contributed by atoms with Gasteiger partial charge in [-0.25, -0.2) is 0 Å². The first kappa shape index (κ1) is 16.0. The van der Waals surface area contributed by atoms with Crippen molar-refractivity contribution < 1.29 is 0 Å². The molecule has 0 aliphatic heterocycles. The van der Waals surface area contributed by atoms with Crippen molar-refractivity contribution in [2.45, 2.75) is 39.0 Å². The Morgan fingerprint density at radius 2 is 1.44 bits per heavy atom. The Balaban J connectivity index is 1.65. The third-order valence-electron chi connectivity index (χ3n) is 5.36. The zero-order valence-electron chi connectivity index (χ0n) is 15.3. The fourth-order valence-corrected chi connectivity index (χ4v) is 3.99. The van der Waals surface area contributed by atoms with Crippen molar-refractivity contribution in [3.8, 4) is 11.1 Å². The van der Waals surface area contributed by atoms with Gasteiger partial charge in [0.25, 0.3) is 0 Å². The van der Waals surface area contributed by atoms with Gasteiger partial charge in [-0.05, 0) is 58.5 Å². The van der Waals surface area contributed by atoms with E-state index in [9.17, 15) is 0 Å². The van der Waals surface area contributed by atoms with Gasteiger partial charge in [0.2, 0.25) is 0 Å². The lowest BCUT2D eigenvalue weighted by molar-refractivity contribution is 0.660. The summed E-state index contributed by atoms with van der Waals surface area (Å²) in [7, 11) is 0. The first-order chi connectivity index (χ1) is 12.1. The Bertz CT molecular complexity index is 904. The van der Waals surface area contributed by atoms with Gasteiger partial charge in [-0.15, -0.1) is 0 Å². The van der Waals surface area contributed by atoms with E-state index in [2.05, 4.69) is 92.8 Å². The highest BCUT2D eigenvalue weighted by Crippen LogP contribution is 2.49. The molecule has 0 spiro atoms. The van der Waals surface area contributed by atoms with Crippen LogP contribution in [0.2, 0.25) is 0 Å². The summed E-state index contributed by atoms with van der Waals surface area (Å²) in [6, 6.07) is 24.3. The molecule has 0 fully saturated rings. The largest absolute Gasteiger partial charge is 0.356 e. The highest BCUT2D eigenvalue weighted by Gasteiger charge is 2.35. The van der Waals surface area contributed by atoms with E-state index in [0.29, 0.717) is 0 Å². The third-order valence-corrected chi connectivity index (χ3v) is 5.36. The molecule has 1 aliphatic carbocycles. The van der Waals surface area contributed by atoms with Gasteiger partial charge in [0.05, 0.1) is 0 Å². The Kier molecular flexibility index (Phi) is 3.88. The summed E-state index contributed by atoms with van der Waals surface area (Å²) in [5.74, 6) is 0. The number of benzene rings is 3. The normalized spacial score (nSPS) is 14.0. The Labute approximate surface area is 150 Å². The van der Waals surface area contributed by atoms with Crippen molar-refractivity contribution in [3.05, 3.63) is 83.4 Å². The molecule has 126 valence electrons. The lowest BCUT2D eigenvalue weighted by atomic mass is 9.82. The molecule has 4 rings (SSSR count). The van der Waals surface area contributed by atoms with E-state index in [1.54, 1.807) is 0 Å². The van der Waals surface area contributed by atoms with Gasteiger partial charge in [-0.1, -0.05) is 69.7 Å². The molecule has 0 aromatic heterocycles. The van der Waals surface area contributed by atoms with E-state index in [0.717, 1.165) is 17.8 Å². The van der Waals surface area contributed by atoms with Crippen LogP contribution in [0.15, 0.2) is 66.7 Å². The molecule has 3 aromatic carbocycles. The molecule has 25 heavy (non-hydrogen) atoms. The molecule has 1 N–H and O–H groups in total. The van der Waals surface area contributed by atoms with E-state index in [-0.39, 0.29) is 5.41 Å². The molecule has 0 radical (unpaired) electrons. The standard InChI is InChI=1S/C24H25N/c1-4-7-17-10-12-18(13-11-17)25-19-14-15-21-20-8-5-6-9-22(20)24(2,3)23(21)16-19/h5-6,8-16,25H,4,7H2,1-3H3. The van der Waals surface area contributed by atoms with Crippen LogP contribution in [0, 0.1) is 0 Å². The molecular weight excluding hydrogens is 302 g/mol. The average Bonchev–Trinajstić information content (AvgIpc) is 2.85. The van der Waals surface area contributed by atoms with Crippen LogP contribution in [0.5, 0.6) is 0 Å². The number of hydrogen-bond donors (Lipinski definition) is 1. The lowest BCUT2D eigenvalue weighted by Crippen LogP contribution is -2.15. The van der Waals surface area contributed by atoms with Gasteiger partial charge >= 0.3 is 0 Å². The highest BCUT2D eigenvalue weighted by atomic mass is 14.9. The number of hydrogen-bond acceptors (Lipinski definition) is 1. The van der Waals surface area contributed by atoms with Crippen molar-refractivity contribution >= 4 is 11.4 Å². The van der Waals surface area contributed by atoms with Gasteiger partial charge in [0.1, 0.15) is 0 Å². The van der Waals surface area contributed by atoms with Crippen LogP contribution in [0.4, 0.5) is 11.4 Å². The maximum atomic E-state index is 3.57. The van der Waals surface area contributed by atoms with Gasteiger partial charge in [0, 0.05) is 16.8 Å². The van der Waals surface area contributed by atoms with E-state index < -0.39 is 0 Å². The summed E-state index contributed by atoms with van der Waals surface area (Å²) < 4.78 is 0. The number of nitrogens with one attached hydrogen (secondary N) is 1. The van der Waals surface area contributed by atoms with Crippen LogP contribution >= 0.6 is 0 Å². The van der Waals surface area contributed by atoms with Crippen molar-refractivity contribution in [2.24, 2.45) is 0 Å². The summed E-state index contributed by atoms with van der Waals surface area (Å²) in [6.07, 6.45) is 2.33. The lowest BCUT2D eigenvalue weighted by Gasteiger charge is -2.22. The fourth-order valence-electron chi connectivity index (χ4n) is 3.99. The van der Waals surface area contributed by atoms with E-state index in [1.807, 2.05) is 0 Å². The second-order valence-electron chi connectivity index (χ2n) is 7.50. The van der Waals surface area contributed by atoms with Crippen molar-refractivity contribution in [2.75, 3.05) is 5.32 Å². The fraction of sp³-hybridized carbons (Fsp3) is 0.250. The van der Waals surface area contributed by atoms with E-state index in [1.165, 1.54) is 34.2 Å². The van der Waals surface area contributed by atoms with Crippen LogP contribution in [-0.4, -0.2) is 0 Å². The SMILES string of the molecule is CCCc1ccc(Nc2ccc3c(c2)C(C)(C)c2ccccc2-3)cc1. The minimum Gasteiger partial charge on any atom is -0.356 e. The summed E-state index contributed by atoms with van der Waals surface area (Å²) in [5.41, 5.74) is 9.32. The molecule has 0 saturated carbocycles. The van der Waals surface area contributed by atoms with E-state index in [4.69, 9.17) is 0 Å². The third kappa shape index (κ3) is 2.74. The molecular formula is C24H25N. The van der Waals surface area contributed by atoms with Crippen LogP contribution in [0.3, 0.4) is 0 Å². The Morgan fingerprint density at radius 1 is 0.760 bits per heavy atom. The van der Waals surface area contributed by atoms with Gasteiger partial charge < -0.3 is 5.32 Å². The summed E-state index contributed by atoms with van der Waals surface area (Å²) >= 11 is 0. The zero-order chi connectivity index (χ0) is 17.4. The predicted octanol–water partition coefficient (Wildman–Crippen LogP) is 6.69. The second kappa shape index (κ2) is 6.07. The monoisotopic (exact) mass is 327 g/mol. The second-order valence-corrected chi connectivity index (χ2v) is 7.50. The van der Waals surface area contributed by atoms with Crippen molar-refractivity contribution in [1.29, 1.82) is 0 Å². The van der Waals surface area contributed by atoms with Crippen LogP contribution in [-0.2, 0) is 11.8 Å². The Hall–Kier alpha value is -2.54. The van der Waals surface area contributed by atoms with Crippen LogP contribution in [0.25, 0.3) is 11.1 Å². The summed E-state index contributed by atoms with van der Waals surface area (Å²) in [6.45, 7) is 6.86. The maximum absolute atomic E-state index is 3.57. The maximum Gasteiger partial charge on any atom is 0.0387 e. The quantitative estimate of drug-likeness (QED) is 0.563. The predicted molar refractivity (Wildman–Crippen MR) is 108 cm³/mol. The van der Waals surface area contributed by atoms with Gasteiger partial charge in [0.15, 0.2) is 0 Å². The van der Waals surface area contributed by atoms with Crippen molar-refractivity contribution in [1.82, 2.24) is 0 Å². The Morgan fingerprint density at radius 3 is 2.20 bits per heavy atom. The molecule has 0 atom stereocenters. The molecule has 3 aromatic rings. The smallest absolute Gasteiger partial charge is 0.0387 e. The van der Waals surface area contributed by atoms with Crippen LogP contribution < -0.4 is 5.32 Å². The summed E-state index contributed by atoms with van der Waals surface area (Å²) in [4.78, 5) is 0. The number of aryl methyl sites for hydroxylation is 1. The number of rotatable bonds is 4. The first-order valence-electron chi connectivity index (χ1n) is 9.20. The highest BCUT2D eigenvalue weighted by molar-refractivity contribution is 5.82. The zero-order valence-corrected chi connectivity index (χ0v) is 15.3. The molecule has 0 amide bonds. The minimum absolute atomic E-state index is 0.0502. The number of fused-ring (bicyclic) bond motifs is 3. The molecule has 1 heteroatoms. The van der Waals surface area contributed by atoms with E-state index >= 15 is 0 Å². The average molecular weight is 327 g/mol. The van der Waals surface area contributed by atoms with Gasteiger partial charge in [-0.2, -0.15) is 0 Å². The first-order valence-corrected chi connectivity index (χ1v) is 9.20. The molecule has 0 unspecified atom stereocenters. The van der Waals surface area contributed by atoms with Crippen molar-refractivity contribution in [3.63, 3.8) is 0 Å².